The summed E-state index contributed by atoms with van der Waals surface area (Å²) in [5, 5.41) is 11.3. The smallest absolute Gasteiger partial charge is 0.274 e. The van der Waals surface area contributed by atoms with Gasteiger partial charge in [0.25, 0.3) is 5.91 Å². The molecule has 8 nitrogen and oxygen atoms in total. The Morgan fingerprint density at radius 3 is 2.61 bits per heavy atom. The van der Waals surface area contributed by atoms with Crippen LogP contribution in [0.15, 0.2) is 41.5 Å². The molecular weight excluding hydrogens is 483 g/mol. The van der Waals surface area contributed by atoms with Crippen LogP contribution in [-0.4, -0.2) is 62.5 Å². The number of pyridine rings is 1. The number of benzene rings is 1. The van der Waals surface area contributed by atoms with Gasteiger partial charge in [-0.1, -0.05) is 12.1 Å². The summed E-state index contributed by atoms with van der Waals surface area (Å²) in [6.45, 7) is 6.11. The Morgan fingerprint density at radius 2 is 1.97 bits per heavy atom. The Bertz CT molecular complexity index is 1350. The van der Waals surface area contributed by atoms with E-state index in [0.717, 1.165) is 10.4 Å². The highest BCUT2D eigenvalue weighted by atomic mass is 32.1. The van der Waals surface area contributed by atoms with Crippen LogP contribution in [0.4, 0.5) is 4.39 Å². The van der Waals surface area contributed by atoms with Crippen molar-refractivity contribution in [1.29, 1.82) is 0 Å². The molecule has 190 valence electrons. The van der Waals surface area contributed by atoms with E-state index in [2.05, 4.69) is 4.98 Å². The second-order valence-electron chi connectivity index (χ2n) is 9.35. The lowest BCUT2D eigenvalue weighted by Gasteiger charge is -2.39. The molecule has 0 spiro atoms. The predicted molar refractivity (Wildman–Crippen MR) is 136 cm³/mol. The molecule has 1 aliphatic rings. The molecule has 3 aromatic rings. The van der Waals surface area contributed by atoms with Gasteiger partial charge in [0, 0.05) is 56.8 Å². The fourth-order valence-corrected chi connectivity index (χ4v) is 5.25. The van der Waals surface area contributed by atoms with Crippen LogP contribution in [0, 0.1) is 5.82 Å². The summed E-state index contributed by atoms with van der Waals surface area (Å²) in [7, 11) is 1.71. The maximum atomic E-state index is 13.2. The van der Waals surface area contributed by atoms with Gasteiger partial charge in [0.2, 0.25) is 11.3 Å². The van der Waals surface area contributed by atoms with E-state index in [1.54, 1.807) is 45.9 Å². The highest BCUT2D eigenvalue weighted by molar-refractivity contribution is 7.15. The third-order valence-corrected chi connectivity index (χ3v) is 7.54. The maximum absolute atomic E-state index is 13.2. The minimum absolute atomic E-state index is 0.0396. The lowest BCUT2D eigenvalue weighted by molar-refractivity contribution is -0.127. The number of carbonyl (C=O) groups is 2. The molecule has 1 aliphatic heterocycles. The van der Waals surface area contributed by atoms with E-state index in [0.29, 0.717) is 30.9 Å². The topological polar surface area (TPSA) is 95.7 Å². The summed E-state index contributed by atoms with van der Waals surface area (Å²) in [5.74, 6) is -1.37. The number of thiazole rings is 1. The molecule has 0 unspecified atom stereocenters. The number of carbonyl (C=O) groups excluding carboxylic acids is 2. The molecule has 36 heavy (non-hydrogen) atoms. The van der Waals surface area contributed by atoms with Crippen molar-refractivity contribution in [3.63, 3.8) is 0 Å². The van der Waals surface area contributed by atoms with Crippen LogP contribution in [-0.2, 0) is 11.2 Å². The van der Waals surface area contributed by atoms with Crippen LogP contribution in [0.3, 0.4) is 0 Å². The summed E-state index contributed by atoms with van der Waals surface area (Å²) in [4.78, 5) is 46.6. The van der Waals surface area contributed by atoms with Crippen LogP contribution in [0.2, 0.25) is 0 Å². The molecule has 0 bridgehead atoms. The second-order valence-corrected chi connectivity index (χ2v) is 10.5. The number of fused-ring (bicyclic) bond motifs is 1. The van der Waals surface area contributed by atoms with Gasteiger partial charge in [0.15, 0.2) is 11.4 Å². The number of hydrogen-bond acceptors (Lipinski definition) is 6. The third-order valence-electron chi connectivity index (χ3n) is 6.51. The first-order chi connectivity index (χ1) is 17.1. The molecule has 1 aromatic carbocycles. The molecule has 3 heterocycles. The number of rotatable bonds is 7. The van der Waals surface area contributed by atoms with Crippen molar-refractivity contribution in [3.05, 3.63) is 68.8 Å². The summed E-state index contributed by atoms with van der Waals surface area (Å²) in [6, 6.07) is 5.82. The normalized spacial score (nSPS) is 15.3. The highest BCUT2D eigenvalue weighted by Gasteiger charge is 2.36. The van der Waals surface area contributed by atoms with Crippen molar-refractivity contribution in [2.45, 2.75) is 45.7 Å². The molecule has 0 saturated carbocycles. The third kappa shape index (κ3) is 5.04. The van der Waals surface area contributed by atoms with Gasteiger partial charge in [-0.2, -0.15) is 0 Å². The molecule has 2 amide bonds. The number of halogens is 1. The molecule has 1 N–H and O–H groups in total. The van der Waals surface area contributed by atoms with Crippen LogP contribution in [0.25, 0.3) is 10.6 Å². The minimum atomic E-state index is -0.650. The molecule has 4 rings (SSSR count). The van der Waals surface area contributed by atoms with Crippen molar-refractivity contribution >= 4 is 23.2 Å². The van der Waals surface area contributed by atoms with Gasteiger partial charge in [0.05, 0.1) is 11.6 Å². The van der Waals surface area contributed by atoms with E-state index in [-0.39, 0.29) is 35.1 Å². The van der Waals surface area contributed by atoms with Crippen LogP contribution in [0.1, 0.15) is 54.2 Å². The van der Waals surface area contributed by atoms with Crippen molar-refractivity contribution in [2.75, 3.05) is 20.1 Å². The predicted octanol–water partition coefficient (Wildman–Crippen LogP) is 3.68. The quantitative estimate of drug-likeness (QED) is 0.521. The number of aromatic hydroxyl groups is 1. The summed E-state index contributed by atoms with van der Waals surface area (Å²) >= 11 is 1.31. The fraction of sp³-hybridized carbons (Fsp3) is 0.385. The second kappa shape index (κ2) is 10.2. The van der Waals surface area contributed by atoms with E-state index < -0.39 is 17.1 Å². The van der Waals surface area contributed by atoms with Gasteiger partial charge in [-0.05, 0) is 38.0 Å². The molecular formula is C26H29FN4O4S. The molecule has 10 heteroatoms. The number of hydrogen-bond donors (Lipinski definition) is 1. The Balaban J connectivity index is 1.72. The molecule has 1 atom stereocenters. The zero-order valence-corrected chi connectivity index (χ0v) is 21.5. The Labute approximate surface area is 212 Å². The van der Waals surface area contributed by atoms with Crippen molar-refractivity contribution < 1.29 is 19.1 Å². The summed E-state index contributed by atoms with van der Waals surface area (Å²) in [5.41, 5.74) is 0.428. The Hall–Kier alpha value is -3.53. The average Bonchev–Trinajstić information content (AvgIpc) is 3.29. The molecule has 2 aromatic heterocycles. The van der Waals surface area contributed by atoms with Gasteiger partial charge in [0.1, 0.15) is 10.8 Å². The number of nitrogens with zero attached hydrogens (tertiary/aromatic N) is 4. The van der Waals surface area contributed by atoms with Gasteiger partial charge in [-0.15, -0.1) is 11.3 Å². The fourth-order valence-electron chi connectivity index (χ4n) is 4.30. The number of amides is 2. The van der Waals surface area contributed by atoms with E-state index in [1.807, 2.05) is 13.8 Å². The minimum Gasteiger partial charge on any atom is -0.503 e. The van der Waals surface area contributed by atoms with E-state index in [1.165, 1.54) is 30.4 Å². The largest absolute Gasteiger partial charge is 0.503 e. The SMILES string of the molecule is CC(=O)N(C)CC[C@H]1CN(C(C)C)C(=O)c2c(O)c(=O)c(-c3ncc(Cc4ccc(F)cc4)s3)cn21. The zero-order chi connectivity index (χ0) is 26.1. The first-order valence-electron chi connectivity index (χ1n) is 11.8. The van der Waals surface area contributed by atoms with E-state index in [9.17, 15) is 23.9 Å². The monoisotopic (exact) mass is 512 g/mol. The van der Waals surface area contributed by atoms with Gasteiger partial charge < -0.3 is 19.5 Å². The summed E-state index contributed by atoms with van der Waals surface area (Å²) < 4.78 is 14.9. The molecule has 0 saturated heterocycles. The lowest BCUT2D eigenvalue weighted by atomic mass is 10.0. The highest BCUT2D eigenvalue weighted by Crippen LogP contribution is 2.33. The summed E-state index contributed by atoms with van der Waals surface area (Å²) in [6.07, 6.45) is 4.33. The standard InChI is InChI=1S/C26H29FN4O4S/c1-15(2)30-13-19(9-10-29(4)16(3)32)31-14-21(23(33)24(34)22(31)26(30)35)25-28-12-20(36-25)11-17-5-7-18(27)8-6-17/h5-8,12,14-15,19,34H,9-11,13H2,1-4H3/t19-/m0/s1. The van der Waals surface area contributed by atoms with Gasteiger partial charge >= 0.3 is 0 Å². The van der Waals surface area contributed by atoms with Crippen LogP contribution >= 0.6 is 11.3 Å². The van der Waals surface area contributed by atoms with Crippen LogP contribution in [0.5, 0.6) is 5.75 Å². The van der Waals surface area contributed by atoms with Crippen molar-refractivity contribution in [2.24, 2.45) is 0 Å². The van der Waals surface area contributed by atoms with Crippen molar-refractivity contribution in [1.82, 2.24) is 19.4 Å². The molecule has 0 fully saturated rings. The first-order valence-corrected chi connectivity index (χ1v) is 12.6. The van der Waals surface area contributed by atoms with Gasteiger partial charge in [-0.3, -0.25) is 14.4 Å². The maximum Gasteiger partial charge on any atom is 0.274 e. The lowest BCUT2D eigenvalue weighted by Crippen LogP contribution is -2.48. The molecule has 0 aliphatic carbocycles. The van der Waals surface area contributed by atoms with Crippen LogP contribution < -0.4 is 5.43 Å². The average molecular weight is 513 g/mol. The molecule has 0 radical (unpaired) electrons. The van der Waals surface area contributed by atoms with Gasteiger partial charge in [-0.25, -0.2) is 9.37 Å². The van der Waals surface area contributed by atoms with E-state index in [4.69, 9.17) is 0 Å². The number of aromatic nitrogens is 2. The Morgan fingerprint density at radius 1 is 1.28 bits per heavy atom. The van der Waals surface area contributed by atoms with Crippen molar-refractivity contribution in [3.8, 4) is 16.3 Å². The first kappa shape index (κ1) is 25.6. The zero-order valence-electron chi connectivity index (χ0n) is 20.7. The van der Waals surface area contributed by atoms with E-state index >= 15 is 0 Å². The Kier molecular flexibility index (Phi) is 7.26.